The zero-order valence-corrected chi connectivity index (χ0v) is 13.0. The summed E-state index contributed by atoms with van der Waals surface area (Å²) in [5.74, 6) is 0.900. The zero-order chi connectivity index (χ0) is 13.2. The lowest BCUT2D eigenvalue weighted by Gasteiger charge is -2.35. The fourth-order valence-electron chi connectivity index (χ4n) is 3.22. The van der Waals surface area contributed by atoms with Crippen molar-refractivity contribution in [3.63, 3.8) is 0 Å². The van der Waals surface area contributed by atoms with Crippen LogP contribution in [-0.2, 0) is 0 Å². The molecule has 0 aliphatic heterocycles. The number of hydrogen-bond acceptors (Lipinski definition) is 2. The van der Waals surface area contributed by atoms with Gasteiger partial charge in [0.25, 0.3) is 0 Å². The van der Waals surface area contributed by atoms with E-state index in [1.807, 2.05) is 6.07 Å². The van der Waals surface area contributed by atoms with Crippen LogP contribution in [0, 0.1) is 5.41 Å². The Kier molecular flexibility index (Phi) is 4.33. The molecule has 0 bridgehead atoms. The molecule has 1 aromatic carbocycles. The van der Waals surface area contributed by atoms with E-state index in [-0.39, 0.29) is 0 Å². The van der Waals surface area contributed by atoms with E-state index in [0.29, 0.717) is 11.5 Å². The molecule has 1 atom stereocenters. The first-order valence-electron chi connectivity index (χ1n) is 6.61. The number of rotatable bonds is 4. The summed E-state index contributed by atoms with van der Waals surface area (Å²) in [6, 6.07) is 6.68. The Morgan fingerprint density at radius 2 is 2.00 bits per heavy atom. The molecular weight excluding hydrogens is 290 g/mol. The molecule has 3 heteroatoms. The van der Waals surface area contributed by atoms with Crippen LogP contribution < -0.4 is 10.1 Å². The van der Waals surface area contributed by atoms with Crippen LogP contribution in [0.2, 0.25) is 0 Å². The van der Waals surface area contributed by atoms with Gasteiger partial charge in [-0.2, -0.15) is 0 Å². The minimum absolute atomic E-state index is 0.367. The largest absolute Gasteiger partial charge is 0.497 e. The predicted octanol–water partition coefficient (Wildman–Crippen LogP) is 4.30. The Morgan fingerprint density at radius 1 is 1.33 bits per heavy atom. The Hall–Kier alpha value is -0.540. The van der Waals surface area contributed by atoms with Crippen molar-refractivity contribution in [2.45, 2.75) is 38.6 Å². The van der Waals surface area contributed by atoms with Gasteiger partial charge in [0.05, 0.1) is 7.11 Å². The molecule has 0 spiro atoms. The van der Waals surface area contributed by atoms with E-state index >= 15 is 0 Å². The van der Waals surface area contributed by atoms with E-state index in [1.165, 1.54) is 31.2 Å². The molecule has 0 amide bonds. The summed E-state index contributed by atoms with van der Waals surface area (Å²) < 4.78 is 6.40. The highest BCUT2D eigenvalue weighted by molar-refractivity contribution is 9.10. The third kappa shape index (κ3) is 2.57. The van der Waals surface area contributed by atoms with Crippen LogP contribution in [0.5, 0.6) is 5.75 Å². The van der Waals surface area contributed by atoms with Gasteiger partial charge in [-0.3, -0.25) is 0 Å². The third-order valence-electron chi connectivity index (χ3n) is 4.25. The molecule has 18 heavy (non-hydrogen) atoms. The Labute approximate surface area is 118 Å². The second-order valence-electron chi connectivity index (χ2n) is 5.47. The highest BCUT2D eigenvalue weighted by Crippen LogP contribution is 2.48. The highest BCUT2D eigenvalue weighted by atomic mass is 79.9. The standard InChI is InChI=1S/C15H22BrNO/c1-15(8-4-5-9-15)14(17-2)12-7-6-11(18-3)10-13(12)16/h6-7,10,14,17H,4-5,8-9H2,1-3H3. The first-order chi connectivity index (χ1) is 8.60. The van der Waals surface area contributed by atoms with E-state index in [0.717, 1.165) is 10.2 Å². The molecule has 1 aliphatic carbocycles. The number of halogens is 1. The Balaban J connectivity index is 2.32. The minimum Gasteiger partial charge on any atom is -0.497 e. The van der Waals surface area contributed by atoms with Crippen molar-refractivity contribution >= 4 is 15.9 Å². The molecule has 1 aliphatic rings. The van der Waals surface area contributed by atoms with Gasteiger partial charge in [-0.05, 0) is 43.0 Å². The molecule has 1 saturated carbocycles. The van der Waals surface area contributed by atoms with Crippen LogP contribution in [0.4, 0.5) is 0 Å². The van der Waals surface area contributed by atoms with Crippen LogP contribution in [0.3, 0.4) is 0 Å². The van der Waals surface area contributed by atoms with Crippen molar-refractivity contribution in [3.8, 4) is 5.75 Å². The van der Waals surface area contributed by atoms with E-state index < -0.39 is 0 Å². The predicted molar refractivity (Wildman–Crippen MR) is 79.1 cm³/mol. The molecular formula is C15H22BrNO. The van der Waals surface area contributed by atoms with Crippen molar-refractivity contribution < 1.29 is 4.74 Å². The van der Waals surface area contributed by atoms with Crippen LogP contribution in [-0.4, -0.2) is 14.2 Å². The second-order valence-corrected chi connectivity index (χ2v) is 6.32. The summed E-state index contributed by atoms with van der Waals surface area (Å²) in [6.45, 7) is 2.40. The summed E-state index contributed by atoms with van der Waals surface area (Å²) in [5.41, 5.74) is 1.70. The fraction of sp³-hybridized carbons (Fsp3) is 0.600. The van der Waals surface area contributed by atoms with Gasteiger partial charge in [0.15, 0.2) is 0 Å². The maximum absolute atomic E-state index is 5.26. The molecule has 1 N–H and O–H groups in total. The second kappa shape index (κ2) is 5.62. The molecule has 2 rings (SSSR count). The zero-order valence-electron chi connectivity index (χ0n) is 11.4. The van der Waals surface area contributed by atoms with E-state index in [1.54, 1.807) is 7.11 Å². The smallest absolute Gasteiger partial charge is 0.120 e. The van der Waals surface area contributed by atoms with Crippen LogP contribution in [0.15, 0.2) is 22.7 Å². The third-order valence-corrected chi connectivity index (χ3v) is 4.94. The van der Waals surface area contributed by atoms with Gasteiger partial charge < -0.3 is 10.1 Å². The highest BCUT2D eigenvalue weighted by Gasteiger charge is 2.37. The average Bonchev–Trinajstić information content (AvgIpc) is 2.79. The van der Waals surface area contributed by atoms with Crippen LogP contribution >= 0.6 is 15.9 Å². The van der Waals surface area contributed by atoms with E-state index in [9.17, 15) is 0 Å². The van der Waals surface area contributed by atoms with Crippen LogP contribution in [0.1, 0.15) is 44.2 Å². The molecule has 100 valence electrons. The average molecular weight is 312 g/mol. The van der Waals surface area contributed by atoms with Gasteiger partial charge in [-0.25, -0.2) is 0 Å². The topological polar surface area (TPSA) is 21.3 Å². The molecule has 0 radical (unpaired) electrons. The summed E-state index contributed by atoms with van der Waals surface area (Å²) >= 11 is 3.68. The van der Waals surface area contributed by atoms with Crippen molar-refractivity contribution in [2.75, 3.05) is 14.2 Å². The number of benzene rings is 1. The maximum atomic E-state index is 5.26. The molecule has 1 aromatic rings. The van der Waals surface area contributed by atoms with E-state index in [4.69, 9.17) is 4.74 Å². The van der Waals surface area contributed by atoms with Crippen molar-refractivity contribution in [3.05, 3.63) is 28.2 Å². The number of nitrogens with one attached hydrogen (secondary N) is 1. The van der Waals surface area contributed by atoms with Gasteiger partial charge in [0.2, 0.25) is 0 Å². The SMILES string of the molecule is CNC(c1ccc(OC)cc1Br)C1(C)CCCC1. The van der Waals surface area contributed by atoms with Gasteiger partial charge in [0, 0.05) is 10.5 Å². The van der Waals surface area contributed by atoms with Crippen LogP contribution in [0.25, 0.3) is 0 Å². The van der Waals surface area contributed by atoms with Gasteiger partial charge in [0.1, 0.15) is 5.75 Å². The summed E-state index contributed by atoms with van der Waals surface area (Å²) in [4.78, 5) is 0. The van der Waals surface area contributed by atoms with Gasteiger partial charge >= 0.3 is 0 Å². The molecule has 1 fully saturated rings. The number of hydrogen-bond donors (Lipinski definition) is 1. The molecule has 1 unspecified atom stereocenters. The van der Waals surface area contributed by atoms with Crippen molar-refractivity contribution in [1.29, 1.82) is 0 Å². The molecule has 0 saturated heterocycles. The first-order valence-corrected chi connectivity index (χ1v) is 7.41. The van der Waals surface area contributed by atoms with Gasteiger partial charge in [-0.1, -0.05) is 41.8 Å². The number of ether oxygens (including phenoxy) is 1. The first kappa shape index (κ1) is 13.9. The summed E-state index contributed by atoms with van der Waals surface area (Å²) in [6.07, 6.45) is 5.30. The lowest BCUT2D eigenvalue weighted by atomic mass is 9.77. The summed E-state index contributed by atoms with van der Waals surface area (Å²) in [5, 5.41) is 3.51. The molecule has 0 heterocycles. The van der Waals surface area contributed by atoms with E-state index in [2.05, 4.69) is 47.4 Å². The maximum Gasteiger partial charge on any atom is 0.120 e. The number of methoxy groups -OCH3 is 1. The summed E-state index contributed by atoms with van der Waals surface area (Å²) in [7, 11) is 3.76. The fourth-order valence-corrected chi connectivity index (χ4v) is 3.81. The van der Waals surface area contributed by atoms with Crippen molar-refractivity contribution in [1.82, 2.24) is 5.32 Å². The normalized spacial score (nSPS) is 19.8. The molecule has 2 nitrogen and oxygen atoms in total. The minimum atomic E-state index is 0.367. The molecule has 0 aromatic heterocycles. The Morgan fingerprint density at radius 3 is 2.50 bits per heavy atom. The monoisotopic (exact) mass is 311 g/mol. The lowest BCUT2D eigenvalue weighted by Crippen LogP contribution is -2.32. The quantitative estimate of drug-likeness (QED) is 0.895. The van der Waals surface area contributed by atoms with Crippen molar-refractivity contribution in [2.24, 2.45) is 5.41 Å². The Bertz CT molecular complexity index is 413. The van der Waals surface area contributed by atoms with Gasteiger partial charge in [-0.15, -0.1) is 0 Å². The lowest BCUT2D eigenvalue weighted by molar-refractivity contribution is 0.233.